The van der Waals surface area contributed by atoms with E-state index < -0.39 is 10.9 Å². The summed E-state index contributed by atoms with van der Waals surface area (Å²) in [6, 6.07) is 14.4. The maximum Gasteiger partial charge on any atom is 0.338 e. The molecule has 2 aromatic rings. The zero-order chi connectivity index (χ0) is 19.1. The fourth-order valence-electron chi connectivity index (χ4n) is 3.49. The Morgan fingerprint density at radius 3 is 2.07 bits per heavy atom. The number of hydrogen-bond acceptors (Lipinski definition) is 4. The van der Waals surface area contributed by atoms with Crippen molar-refractivity contribution in [3.05, 3.63) is 75.3 Å². The van der Waals surface area contributed by atoms with Crippen molar-refractivity contribution in [3.63, 3.8) is 0 Å². The van der Waals surface area contributed by atoms with E-state index in [4.69, 9.17) is 4.74 Å². The lowest BCUT2D eigenvalue weighted by molar-refractivity contribution is -0.384. The Bertz CT molecular complexity index is 768. The van der Waals surface area contributed by atoms with E-state index in [1.54, 1.807) is 0 Å². The van der Waals surface area contributed by atoms with Crippen molar-refractivity contribution in [3.8, 4) is 0 Å². The summed E-state index contributed by atoms with van der Waals surface area (Å²) in [6.45, 7) is 0. The van der Waals surface area contributed by atoms with Gasteiger partial charge in [-0.05, 0) is 68.2 Å². The van der Waals surface area contributed by atoms with E-state index in [-0.39, 0.29) is 11.8 Å². The third-order valence-electron chi connectivity index (χ3n) is 5.09. The van der Waals surface area contributed by atoms with Crippen LogP contribution in [0.3, 0.4) is 0 Å². The Balaban J connectivity index is 1.60. The van der Waals surface area contributed by atoms with Gasteiger partial charge in [0.2, 0.25) is 0 Å². The molecule has 2 bridgehead atoms. The second-order valence-electron chi connectivity index (χ2n) is 7.14. The summed E-state index contributed by atoms with van der Waals surface area (Å²) >= 11 is 0. The highest BCUT2D eigenvalue weighted by Gasteiger charge is 2.17. The van der Waals surface area contributed by atoms with Gasteiger partial charge < -0.3 is 4.74 Å². The molecule has 1 atom stereocenters. The summed E-state index contributed by atoms with van der Waals surface area (Å²) in [5.41, 5.74) is 3.04. The number of aryl methyl sites for hydroxylation is 2. The maximum atomic E-state index is 12.4. The number of non-ortho nitro benzene ring substituents is 1. The Kier molecular flexibility index (Phi) is 6.58. The smallest absolute Gasteiger partial charge is 0.338 e. The zero-order valence-corrected chi connectivity index (χ0v) is 15.4. The third-order valence-corrected chi connectivity index (χ3v) is 5.09. The second kappa shape index (κ2) is 9.31. The lowest BCUT2D eigenvalue weighted by Gasteiger charge is -2.18. The van der Waals surface area contributed by atoms with Crippen molar-refractivity contribution < 1.29 is 14.5 Å². The van der Waals surface area contributed by atoms with Crippen LogP contribution in [0.15, 0.2) is 48.5 Å². The fourth-order valence-corrected chi connectivity index (χ4v) is 3.49. The molecule has 0 amide bonds. The molecule has 0 heterocycles. The number of benzene rings is 2. The first-order valence-electron chi connectivity index (χ1n) is 9.65. The lowest BCUT2D eigenvalue weighted by atomic mass is 10.0. The molecule has 0 unspecified atom stereocenters. The molecule has 27 heavy (non-hydrogen) atoms. The average molecular weight is 367 g/mol. The number of fused-ring (bicyclic) bond motifs is 10. The van der Waals surface area contributed by atoms with Crippen LogP contribution in [0.2, 0.25) is 0 Å². The molecule has 0 saturated carbocycles. The summed E-state index contributed by atoms with van der Waals surface area (Å²) < 4.78 is 5.73. The normalized spacial score (nSPS) is 18.0. The molecule has 4 rings (SSSR count). The van der Waals surface area contributed by atoms with Gasteiger partial charge in [0.25, 0.3) is 5.69 Å². The number of hydrogen-bond donors (Lipinski definition) is 0. The number of carbonyl (C=O) groups is 1. The standard InChI is InChI=1S/C22H25NO4/c24-22(19-13-15-20(16-14-19)23(25)26)27-21-7-3-1-2-5-17-9-11-18(12-10-17)6-4-8-21/h9-16,21H,1-8H2/t21-/m1/s1. The van der Waals surface area contributed by atoms with Crippen LogP contribution in [-0.2, 0) is 17.6 Å². The predicted molar refractivity (Wildman–Crippen MR) is 104 cm³/mol. The van der Waals surface area contributed by atoms with Gasteiger partial charge in [-0.15, -0.1) is 0 Å². The molecule has 0 N–H and O–H groups in total. The molecule has 5 heteroatoms. The first-order chi connectivity index (χ1) is 13.1. The van der Waals surface area contributed by atoms with Gasteiger partial charge in [0, 0.05) is 12.1 Å². The minimum atomic E-state index is -0.475. The number of carbonyl (C=O) groups excluding carboxylic acids is 1. The second-order valence-corrected chi connectivity index (χ2v) is 7.14. The highest BCUT2D eigenvalue weighted by atomic mass is 16.6. The predicted octanol–water partition coefficient (Wildman–Crippen LogP) is 5.26. The lowest BCUT2D eigenvalue weighted by Crippen LogP contribution is -2.19. The summed E-state index contributed by atoms with van der Waals surface area (Å²) in [7, 11) is 0. The molecule has 0 saturated heterocycles. The van der Waals surface area contributed by atoms with Crippen molar-refractivity contribution in [2.45, 2.75) is 57.5 Å². The van der Waals surface area contributed by atoms with Gasteiger partial charge in [0.15, 0.2) is 0 Å². The molecule has 5 nitrogen and oxygen atoms in total. The summed E-state index contributed by atoms with van der Waals surface area (Å²) in [6.07, 6.45) is 7.93. The van der Waals surface area contributed by atoms with Gasteiger partial charge in [0.1, 0.15) is 6.10 Å². The Labute approximate surface area is 159 Å². The van der Waals surface area contributed by atoms with E-state index in [1.807, 2.05) is 0 Å². The first kappa shape index (κ1) is 19.1. The molecule has 2 aliphatic carbocycles. The van der Waals surface area contributed by atoms with Crippen molar-refractivity contribution in [1.82, 2.24) is 0 Å². The van der Waals surface area contributed by atoms with Crippen molar-refractivity contribution in [2.75, 3.05) is 0 Å². The van der Waals surface area contributed by atoms with Gasteiger partial charge in [-0.25, -0.2) is 4.79 Å². The van der Waals surface area contributed by atoms with Crippen LogP contribution in [0.25, 0.3) is 0 Å². The molecule has 142 valence electrons. The number of nitro groups is 1. The number of ether oxygens (including phenoxy) is 1. The van der Waals surface area contributed by atoms with Gasteiger partial charge in [0.05, 0.1) is 10.5 Å². The Hall–Kier alpha value is -2.69. The molecule has 0 aliphatic heterocycles. The highest BCUT2D eigenvalue weighted by Crippen LogP contribution is 2.20. The molecule has 0 fully saturated rings. The van der Waals surface area contributed by atoms with Crippen LogP contribution in [-0.4, -0.2) is 17.0 Å². The maximum absolute atomic E-state index is 12.4. The minimum absolute atomic E-state index is 0.0282. The number of esters is 1. The average Bonchev–Trinajstić information content (AvgIpc) is 2.71. The van der Waals surface area contributed by atoms with Crippen LogP contribution < -0.4 is 0 Å². The Morgan fingerprint density at radius 1 is 0.852 bits per heavy atom. The largest absolute Gasteiger partial charge is 0.459 e. The molecular formula is C22H25NO4. The third kappa shape index (κ3) is 5.64. The minimum Gasteiger partial charge on any atom is -0.459 e. The summed E-state index contributed by atoms with van der Waals surface area (Å²) in [4.78, 5) is 22.7. The van der Waals surface area contributed by atoms with E-state index in [0.717, 1.165) is 51.4 Å². The molecule has 0 aromatic heterocycles. The number of nitro benzene ring substituents is 1. The molecule has 2 aromatic carbocycles. The van der Waals surface area contributed by atoms with Crippen molar-refractivity contribution in [2.24, 2.45) is 0 Å². The zero-order valence-electron chi connectivity index (χ0n) is 15.4. The van der Waals surface area contributed by atoms with Crippen LogP contribution in [0.1, 0.15) is 60.0 Å². The monoisotopic (exact) mass is 367 g/mol. The van der Waals surface area contributed by atoms with Crippen LogP contribution >= 0.6 is 0 Å². The van der Waals surface area contributed by atoms with Gasteiger partial charge >= 0.3 is 5.97 Å². The fraction of sp³-hybridized carbons (Fsp3) is 0.409. The van der Waals surface area contributed by atoms with Crippen LogP contribution in [0, 0.1) is 10.1 Å². The SMILES string of the molecule is O=C(O[C@@H]1CCCCCc2ccc(cc2)CCC1)c1ccc([N+](=O)[O-])cc1. The molecule has 2 aliphatic rings. The topological polar surface area (TPSA) is 69.4 Å². The van der Waals surface area contributed by atoms with Gasteiger partial charge in [-0.1, -0.05) is 30.7 Å². The molecule has 0 spiro atoms. The summed E-state index contributed by atoms with van der Waals surface area (Å²) in [5.74, 6) is -0.400. The highest BCUT2D eigenvalue weighted by molar-refractivity contribution is 5.89. The van der Waals surface area contributed by atoms with E-state index in [1.165, 1.54) is 35.4 Å². The first-order valence-corrected chi connectivity index (χ1v) is 9.65. The van der Waals surface area contributed by atoms with Gasteiger partial charge in [-0.3, -0.25) is 10.1 Å². The van der Waals surface area contributed by atoms with E-state index >= 15 is 0 Å². The van der Waals surface area contributed by atoms with Crippen LogP contribution in [0.4, 0.5) is 5.69 Å². The quantitative estimate of drug-likeness (QED) is 0.421. The number of rotatable bonds is 3. The Morgan fingerprint density at radius 2 is 1.44 bits per heavy atom. The van der Waals surface area contributed by atoms with E-state index in [2.05, 4.69) is 24.3 Å². The van der Waals surface area contributed by atoms with Gasteiger partial charge in [-0.2, -0.15) is 0 Å². The van der Waals surface area contributed by atoms with E-state index in [0.29, 0.717) is 5.56 Å². The van der Waals surface area contributed by atoms with E-state index in [9.17, 15) is 14.9 Å². The van der Waals surface area contributed by atoms with Crippen molar-refractivity contribution in [1.29, 1.82) is 0 Å². The summed E-state index contributed by atoms with van der Waals surface area (Å²) in [5, 5.41) is 10.7. The number of nitrogens with zero attached hydrogens (tertiary/aromatic N) is 1. The van der Waals surface area contributed by atoms with Crippen LogP contribution in [0.5, 0.6) is 0 Å². The molecule has 0 radical (unpaired) electrons. The molecular weight excluding hydrogens is 342 g/mol. The van der Waals surface area contributed by atoms with Crippen molar-refractivity contribution >= 4 is 11.7 Å².